The lowest BCUT2D eigenvalue weighted by Crippen LogP contribution is -2.48. The smallest absolute Gasteiger partial charge is 0.234 e. The summed E-state index contributed by atoms with van der Waals surface area (Å²) >= 11 is 1.29. The minimum atomic E-state index is -0.348. The second-order valence-corrected chi connectivity index (χ2v) is 7.55. The molecule has 1 aromatic carbocycles. The van der Waals surface area contributed by atoms with E-state index in [1.165, 1.54) is 41.6 Å². The monoisotopic (exact) mass is 402 g/mol. The van der Waals surface area contributed by atoms with Gasteiger partial charge in [-0.15, -0.1) is 11.8 Å². The number of nitrogens with one attached hydrogen (secondary N) is 1. The molecule has 6 nitrogen and oxygen atoms in total. The van der Waals surface area contributed by atoms with Gasteiger partial charge in [-0.2, -0.15) is 0 Å². The Balaban J connectivity index is 1.33. The summed E-state index contributed by atoms with van der Waals surface area (Å²) < 4.78 is 12.9. The number of piperazine rings is 1. The summed E-state index contributed by atoms with van der Waals surface area (Å²) in [5.41, 5.74) is 1.76. The van der Waals surface area contributed by atoms with Crippen LogP contribution in [0.5, 0.6) is 0 Å². The van der Waals surface area contributed by atoms with E-state index in [0.717, 1.165) is 19.6 Å². The molecular formula is C20H23FN4O2S. The first-order valence-electron chi connectivity index (χ1n) is 9.12. The molecule has 3 rings (SSSR count). The zero-order valence-electron chi connectivity index (χ0n) is 15.5. The average molecular weight is 402 g/mol. The van der Waals surface area contributed by atoms with Crippen LogP contribution >= 0.6 is 11.8 Å². The highest BCUT2D eigenvalue weighted by atomic mass is 32.2. The van der Waals surface area contributed by atoms with Crippen LogP contribution in [0, 0.1) is 5.82 Å². The van der Waals surface area contributed by atoms with E-state index in [0.29, 0.717) is 18.8 Å². The van der Waals surface area contributed by atoms with Crippen LogP contribution in [0.25, 0.3) is 0 Å². The average Bonchev–Trinajstić information content (AvgIpc) is 2.71. The maximum Gasteiger partial charge on any atom is 0.234 e. The molecule has 8 heteroatoms. The Kier molecular flexibility index (Phi) is 7.39. The summed E-state index contributed by atoms with van der Waals surface area (Å²) in [7, 11) is 0. The molecule has 2 heterocycles. The first-order chi connectivity index (χ1) is 13.6. The van der Waals surface area contributed by atoms with Gasteiger partial charge in [0.2, 0.25) is 11.8 Å². The molecule has 2 amide bonds. The topological polar surface area (TPSA) is 65.5 Å². The zero-order chi connectivity index (χ0) is 19.8. The number of carbonyl (C=O) groups excluding carboxylic acids is 2. The predicted molar refractivity (Wildman–Crippen MR) is 108 cm³/mol. The lowest BCUT2D eigenvalue weighted by Gasteiger charge is -2.34. The lowest BCUT2D eigenvalue weighted by atomic mass is 10.2. The predicted octanol–water partition coefficient (Wildman–Crippen LogP) is 2.24. The van der Waals surface area contributed by atoms with Gasteiger partial charge in [0.25, 0.3) is 0 Å². The number of hydrogen-bond donors (Lipinski definition) is 1. The van der Waals surface area contributed by atoms with Crippen LogP contribution in [0.3, 0.4) is 0 Å². The third-order valence-electron chi connectivity index (χ3n) is 4.47. The first kappa shape index (κ1) is 20.3. The van der Waals surface area contributed by atoms with E-state index in [1.54, 1.807) is 12.4 Å². The molecule has 0 radical (unpaired) electrons. The van der Waals surface area contributed by atoms with Crippen LogP contribution in [0.4, 0.5) is 10.1 Å². The van der Waals surface area contributed by atoms with Crippen LogP contribution in [0.15, 0.2) is 48.8 Å². The van der Waals surface area contributed by atoms with Gasteiger partial charge in [-0.3, -0.25) is 19.5 Å². The maximum absolute atomic E-state index is 12.9. The fourth-order valence-corrected chi connectivity index (χ4v) is 3.67. The molecular weight excluding hydrogens is 379 g/mol. The van der Waals surface area contributed by atoms with E-state index in [-0.39, 0.29) is 29.1 Å². The minimum Gasteiger partial charge on any atom is -0.339 e. The quantitative estimate of drug-likeness (QED) is 0.770. The van der Waals surface area contributed by atoms with Crippen molar-refractivity contribution in [3.05, 3.63) is 60.2 Å². The normalized spacial score (nSPS) is 14.7. The number of halogens is 1. The summed E-state index contributed by atoms with van der Waals surface area (Å²) in [4.78, 5) is 32.5. The molecule has 1 fully saturated rings. The molecule has 1 aromatic heterocycles. The van der Waals surface area contributed by atoms with E-state index in [9.17, 15) is 14.0 Å². The number of amides is 2. The number of aromatic nitrogens is 1. The Morgan fingerprint density at radius 3 is 2.36 bits per heavy atom. The van der Waals surface area contributed by atoms with Gasteiger partial charge in [0.05, 0.1) is 11.5 Å². The Labute approximate surface area is 168 Å². The summed E-state index contributed by atoms with van der Waals surface area (Å²) in [5.74, 6) is -0.0275. The molecule has 0 spiro atoms. The number of carbonyl (C=O) groups is 2. The van der Waals surface area contributed by atoms with Crippen LogP contribution in [-0.2, 0) is 16.1 Å². The summed E-state index contributed by atoms with van der Waals surface area (Å²) in [6.07, 6.45) is 3.58. The van der Waals surface area contributed by atoms with Gasteiger partial charge in [-0.1, -0.05) is 0 Å². The van der Waals surface area contributed by atoms with Crippen molar-refractivity contribution in [2.75, 3.05) is 43.0 Å². The van der Waals surface area contributed by atoms with Crippen molar-refractivity contribution in [1.82, 2.24) is 14.8 Å². The molecule has 0 unspecified atom stereocenters. The number of pyridine rings is 1. The van der Waals surface area contributed by atoms with E-state index >= 15 is 0 Å². The molecule has 0 aliphatic carbocycles. The van der Waals surface area contributed by atoms with E-state index < -0.39 is 0 Å². The number of thioether (sulfide) groups is 1. The number of hydrogen-bond acceptors (Lipinski definition) is 5. The van der Waals surface area contributed by atoms with Gasteiger partial charge < -0.3 is 10.2 Å². The van der Waals surface area contributed by atoms with Crippen molar-refractivity contribution in [1.29, 1.82) is 0 Å². The van der Waals surface area contributed by atoms with E-state index in [4.69, 9.17) is 0 Å². The van der Waals surface area contributed by atoms with Gasteiger partial charge in [-0.05, 0) is 42.0 Å². The molecule has 0 saturated carbocycles. The molecule has 28 heavy (non-hydrogen) atoms. The van der Waals surface area contributed by atoms with E-state index in [2.05, 4.69) is 15.2 Å². The molecule has 148 valence electrons. The van der Waals surface area contributed by atoms with Crippen molar-refractivity contribution >= 4 is 29.3 Å². The van der Waals surface area contributed by atoms with Gasteiger partial charge >= 0.3 is 0 Å². The highest BCUT2D eigenvalue weighted by Gasteiger charge is 2.21. The van der Waals surface area contributed by atoms with Crippen LogP contribution < -0.4 is 5.32 Å². The highest BCUT2D eigenvalue weighted by molar-refractivity contribution is 8.00. The van der Waals surface area contributed by atoms with Gasteiger partial charge in [-0.25, -0.2) is 4.39 Å². The Morgan fingerprint density at radius 2 is 1.68 bits per heavy atom. The Hall–Kier alpha value is -2.45. The second kappa shape index (κ2) is 10.2. The fraction of sp³-hybridized carbons (Fsp3) is 0.350. The standard InChI is InChI=1S/C20H23FN4O2S/c21-17-1-3-18(4-2-17)23-19(26)14-28-15-20(27)25-11-9-24(10-12-25)13-16-5-7-22-8-6-16/h1-8H,9-15H2,(H,23,26). The molecule has 1 N–H and O–H groups in total. The highest BCUT2D eigenvalue weighted by Crippen LogP contribution is 2.12. The molecule has 0 atom stereocenters. The van der Waals surface area contributed by atoms with Crippen LogP contribution in [-0.4, -0.2) is 64.3 Å². The molecule has 1 saturated heterocycles. The van der Waals surface area contributed by atoms with Gasteiger partial charge in [0.15, 0.2) is 0 Å². The number of anilines is 1. The maximum atomic E-state index is 12.9. The number of benzene rings is 1. The first-order valence-corrected chi connectivity index (χ1v) is 10.3. The van der Waals surface area contributed by atoms with Crippen molar-refractivity contribution in [2.45, 2.75) is 6.54 Å². The van der Waals surface area contributed by atoms with E-state index in [1.807, 2.05) is 17.0 Å². The van der Waals surface area contributed by atoms with Gasteiger partial charge in [0, 0.05) is 50.8 Å². The molecule has 1 aliphatic rings. The summed E-state index contributed by atoms with van der Waals surface area (Å²) in [6, 6.07) is 9.61. The minimum absolute atomic E-state index is 0.0585. The summed E-state index contributed by atoms with van der Waals surface area (Å²) in [6.45, 7) is 3.94. The SMILES string of the molecule is O=C(CSCC(=O)N1CCN(Cc2ccncc2)CC1)Nc1ccc(F)cc1. The number of rotatable bonds is 7. The molecule has 2 aromatic rings. The Morgan fingerprint density at radius 1 is 1.00 bits per heavy atom. The van der Waals surface area contributed by atoms with Crippen molar-refractivity contribution in [2.24, 2.45) is 0 Å². The largest absolute Gasteiger partial charge is 0.339 e. The zero-order valence-corrected chi connectivity index (χ0v) is 16.3. The lowest BCUT2D eigenvalue weighted by molar-refractivity contribution is -0.130. The van der Waals surface area contributed by atoms with Crippen LogP contribution in [0.1, 0.15) is 5.56 Å². The third-order valence-corrected chi connectivity index (χ3v) is 5.38. The molecule has 1 aliphatic heterocycles. The van der Waals surface area contributed by atoms with Crippen molar-refractivity contribution in [3.63, 3.8) is 0 Å². The van der Waals surface area contributed by atoms with Gasteiger partial charge in [0.1, 0.15) is 5.82 Å². The van der Waals surface area contributed by atoms with Crippen molar-refractivity contribution in [3.8, 4) is 0 Å². The molecule has 0 bridgehead atoms. The summed E-state index contributed by atoms with van der Waals surface area (Å²) in [5, 5.41) is 2.69. The second-order valence-electron chi connectivity index (χ2n) is 6.56. The van der Waals surface area contributed by atoms with Crippen LogP contribution in [0.2, 0.25) is 0 Å². The third kappa shape index (κ3) is 6.31. The number of nitrogens with zero attached hydrogens (tertiary/aromatic N) is 3. The Bertz CT molecular complexity index is 781. The fourth-order valence-electron chi connectivity index (χ4n) is 2.95. The van der Waals surface area contributed by atoms with Crippen molar-refractivity contribution < 1.29 is 14.0 Å².